The lowest BCUT2D eigenvalue weighted by Crippen LogP contribution is -2.46. The molecule has 1 spiro atoms. The van der Waals surface area contributed by atoms with Crippen molar-refractivity contribution in [2.24, 2.45) is 0 Å². The quantitative estimate of drug-likeness (QED) is 0.495. The highest BCUT2D eigenvalue weighted by Gasteiger charge is 2.40. The Kier molecular flexibility index (Phi) is 4.23. The summed E-state index contributed by atoms with van der Waals surface area (Å²) in [6.45, 7) is 7.17. The third-order valence-corrected chi connectivity index (χ3v) is 6.37. The molecule has 4 aromatic rings. The van der Waals surface area contributed by atoms with Crippen molar-refractivity contribution in [1.82, 2.24) is 19.6 Å². The number of ether oxygens (including phenoxy) is 2. The normalized spacial score (nSPS) is 18.5. The van der Waals surface area contributed by atoms with E-state index in [0.29, 0.717) is 13.2 Å². The van der Waals surface area contributed by atoms with E-state index in [4.69, 9.17) is 14.5 Å². The molecule has 0 radical (unpaired) electrons. The van der Waals surface area contributed by atoms with Crippen molar-refractivity contribution in [1.29, 1.82) is 0 Å². The van der Waals surface area contributed by atoms with Crippen molar-refractivity contribution < 1.29 is 9.47 Å². The molecule has 2 saturated heterocycles. The van der Waals surface area contributed by atoms with Crippen molar-refractivity contribution in [3.63, 3.8) is 0 Å². The molecule has 0 saturated carbocycles. The third kappa shape index (κ3) is 3.07. The van der Waals surface area contributed by atoms with Crippen LogP contribution in [0.2, 0.25) is 0 Å². The number of hydrogen-bond donors (Lipinski definition) is 0. The van der Waals surface area contributed by atoms with E-state index in [9.17, 15) is 0 Å². The fourth-order valence-electron chi connectivity index (χ4n) is 4.75. The molecule has 2 aromatic carbocycles. The van der Waals surface area contributed by atoms with Crippen LogP contribution in [0.1, 0.15) is 24.0 Å². The Labute approximate surface area is 180 Å². The summed E-state index contributed by atoms with van der Waals surface area (Å²) < 4.78 is 14.0. The third-order valence-electron chi connectivity index (χ3n) is 6.37. The number of piperidine rings is 1. The second-order valence-electron chi connectivity index (χ2n) is 8.58. The van der Waals surface area contributed by atoms with Gasteiger partial charge < -0.3 is 14.4 Å². The number of aromatic nitrogens is 4. The first-order chi connectivity index (χ1) is 15.1. The Balaban J connectivity index is 1.53. The maximum absolute atomic E-state index is 5.93. The number of fused-ring (bicyclic) bond motifs is 3. The zero-order chi connectivity index (χ0) is 21.0. The molecule has 4 heterocycles. The molecule has 2 aliphatic rings. The van der Waals surface area contributed by atoms with E-state index in [0.717, 1.165) is 59.8 Å². The van der Waals surface area contributed by atoms with Gasteiger partial charge in [-0.05, 0) is 32.0 Å². The van der Waals surface area contributed by atoms with E-state index in [1.807, 2.05) is 0 Å². The van der Waals surface area contributed by atoms with E-state index in [1.165, 1.54) is 11.1 Å². The number of hydrogen-bond acceptors (Lipinski definition) is 6. The highest BCUT2D eigenvalue weighted by atomic mass is 16.7. The van der Waals surface area contributed by atoms with Crippen molar-refractivity contribution >= 4 is 22.5 Å². The van der Waals surface area contributed by atoms with Gasteiger partial charge in [-0.15, -0.1) is 10.2 Å². The molecule has 0 bridgehead atoms. The summed E-state index contributed by atoms with van der Waals surface area (Å²) in [5.41, 5.74) is 5.19. The molecular weight excluding hydrogens is 390 g/mol. The van der Waals surface area contributed by atoms with Gasteiger partial charge in [0.2, 0.25) is 5.95 Å². The topological polar surface area (TPSA) is 64.8 Å². The van der Waals surface area contributed by atoms with Crippen LogP contribution in [0, 0.1) is 13.8 Å². The van der Waals surface area contributed by atoms with Crippen molar-refractivity contribution in [3.05, 3.63) is 53.6 Å². The van der Waals surface area contributed by atoms with Gasteiger partial charge >= 0.3 is 0 Å². The lowest BCUT2D eigenvalue weighted by atomic mass is 10.0. The number of benzene rings is 2. The Morgan fingerprint density at radius 3 is 2.45 bits per heavy atom. The van der Waals surface area contributed by atoms with Gasteiger partial charge in [0.1, 0.15) is 0 Å². The van der Waals surface area contributed by atoms with Crippen LogP contribution in [0.5, 0.6) is 0 Å². The minimum atomic E-state index is -0.420. The van der Waals surface area contributed by atoms with Gasteiger partial charge in [0.15, 0.2) is 17.3 Å². The molecule has 7 nitrogen and oxygen atoms in total. The largest absolute Gasteiger partial charge is 0.347 e. The highest BCUT2D eigenvalue weighted by Crippen LogP contribution is 2.35. The minimum absolute atomic E-state index is 0.420. The van der Waals surface area contributed by atoms with Gasteiger partial charge in [-0.2, -0.15) is 0 Å². The van der Waals surface area contributed by atoms with Crippen LogP contribution in [-0.2, 0) is 9.47 Å². The summed E-state index contributed by atoms with van der Waals surface area (Å²) in [6, 6.07) is 14.7. The fraction of sp³-hybridized carbons (Fsp3) is 0.375. The molecule has 6 rings (SSSR count). The average Bonchev–Trinajstić information content (AvgIpc) is 3.42. The maximum atomic E-state index is 5.93. The first kappa shape index (κ1) is 18.7. The molecule has 0 amide bonds. The lowest BCUT2D eigenvalue weighted by molar-refractivity contribution is -0.169. The van der Waals surface area contributed by atoms with Crippen LogP contribution < -0.4 is 4.90 Å². The number of anilines is 1. The van der Waals surface area contributed by atoms with Gasteiger partial charge in [-0.3, -0.25) is 0 Å². The van der Waals surface area contributed by atoms with Crippen LogP contribution >= 0.6 is 0 Å². The van der Waals surface area contributed by atoms with Gasteiger partial charge in [0.25, 0.3) is 0 Å². The summed E-state index contributed by atoms with van der Waals surface area (Å²) in [4.78, 5) is 7.40. The van der Waals surface area contributed by atoms with E-state index in [2.05, 4.69) is 75.8 Å². The summed E-state index contributed by atoms with van der Waals surface area (Å²) in [6.07, 6.45) is 1.65. The van der Waals surface area contributed by atoms with E-state index in [-0.39, 0.29) is 0 Å². The number of aryl methyl sites for hydroxylation is 2. The smallest absolute Gasteiger partial charge is 0.213 e. The molecule has 0 unspecified atom stereocenters. The fourth-order valence-corrected chi connectivity index (χ4v) is 4.75. The molecule has 0 aliphatic carbocycles. The Morgan fingerprint density at radius 1 is 0.903 bits per heavy atom. The molecule has 2 fully saturated rings. The number of nitrogens with zero attached hydrogens (tertiary/aromatic N) is 5. The predicted octanol–water partition coefficient (Wildman–Crippen LogP) is 3.90. The summed E-state index contributed by atoms with van der Waals surface area (Å²) in [7, 11) is 0. The van der Waals surface area contributed by atoms with Gasteiger partial charge in [0.05, 0.1) is 18.7 Å². The van der Waals surface area contributed by atoms with Crippen molar-refractivity contribution in [2.75, 3.05) is 31.2 Å². The Morgan fingerprint density at radius 2 is 1.68 bits per heavy atom. The molecule has 31 heavy (non-hydrogen) atoms. The van der Waals surface area contributed by atoms with Crippen molar-refractivity contribution in [3.8, 4) is 11.4 Å². The maximum Gasteiger partial charge on any atom is 0.213 e. The predicted molar refractivity (Wildman–Crippen MR) is 119 cm³/mol. The van der Waals surface area contributed by atoms with E-state index in [1.54, 1.807) is 0 Å². The van der Waals surface area contributed by atoms with Gasteiger partial charge in [-0.25, -0.2) is 9.38 Å². The zero-order valence-electron chi connectivity index (χ0n) is 17.8. The number of rotatable bonds is 2. The molecule has 0 N–H and O–H groups in total. The molecule has 2 aromatic heterocycles. The first-order valence-corrected chi connectivity index (χ1v) is 10.9. The Hall–Kier alpha value is -3.03. The van der Waals surface area contributed by atoms with Crippen molar-refractivity contribution in [2.45, 2.75) is 32.5 Å². The average molecular weight is 415 g/mol. The summed E-state index contributed by atoms with van der Waals surface area (Å²) in [5, 5.41) is 10.2. The second kappa shape index (κ2) is 7.00. The molecule has 0 atom stereocenters. The monoisotopic (exact) mass is 415 g/mol. The van der Waals surface area contributed by atoms with Crippen LogP contribution in [0.15, 0.2) is 42.5 Å². The van der Waals surface area contributed by atoms with Gasteiger partial charge in [-0.1, -0.05) is 35.4 Å². The molecule has 158 valence electrons. The minimum Gasteiger partial charge on any atom is -0.347 e. The zero-order valence-corrected chi connectivity index (χ0v) is 17.8. The standard InChI is InChI=1S/C24H25N5O2/c1-16-4-3-5-18(14-16)21-26-27-22-19-15-17(2)6-7-20(19)25-23(29(21)22)28-10-8-24(9-11-28)30-12-13-31-24/h3-7,14-15H,8-13H2,1-2H3. The second-order valence-corrected chi connectivity index (χ2v) is 8.58. The SMILES string of the molecule is Cc1cccc(-c2nnc3c4cc(C)ccc4nc(N4CCC5(CC4)OCCO5)n23)c1. The first-order valence-electron chi connectivity index (χ1n) is 10.9. The van der Waals surface area contributed by atoms with E-state index >= 15 is 0 Å². The molecular formula is C24H25N5O2. The molecule has 2 aliphatic heterocycles. The van der Waals surface area contributed by atoms with E-state index < -0.39 is 5.79 Å². The Bertz CT molecular complexity index is 1280. The lowest BCUT2D eigenvalue weighted by Gasteiger charge is -2.38. The molecule has 7 heteroatoms. The van der Waals surface area contributed by atoms with Crippen LogP contribution in [0.3, 0.4) is 0 Å². The van der Waals surface area contributed by atoms with Crippen LogP contribution in [-0.4, -0.2) is 51.7 Å². The van der Waals surface area contributed by atoms with Crippen LogP contribution in [0.4, 0.5) is 5.95 Å². The summed E-state index contributed by atoms with van der Waals surface area (Å²) >= 11 is 0. The van der Waals surface area contributed by atoms with Gasteiger partial charge in [0, 0.05) is 36.9 Å². The summed E-state index contributed by atoms with van der Waals surface area (Å²) in [5.74, 6) is 1.27. The highest BCUT2D eigenvalue weighted by molar-refractivity contribution is 5.94. The van der Waals surface area contributed by atoms with Crippen LogP contribution in [0.25, 0.3) is 27.9 Å².